The molecular formula is C26H20NOS. The SMILES string of the molecule is O=C(CC(c1ccccc1)N1c2ccccc2Sc2ccccc21)[C]1[CH][CH][CH][CH]1. The lowest BCUT2D eigenvalue weighted by atomic mass is 9.91. The molecule has 2 nitrogen and oxygen atoms in total. The molecule has 5 rings (SSSR count). The number of hydrogen-bond acceptors (Lipinski definition) is 3. The maximum atomic E-state index is 13.1. The van der Waals surface area contributed by atoms with E-state index in [0.717, 1.165) is 22.9 Å². The zero-order chi connectivity index (χ0) is 19.6. The molecule has 1 unspecified atom stereocenters. The van der Waals surface area contributed by atoms with Crippen LogP contribution in [0.25, 0.3) is 0 Å². The molecule has 2 aliphatic rings. The van der Waals surface area contributed by atoms with Gasteiger partial charge in [0.25, 0.3) is 0 Å². The fraction of sp³-hybridized carbons (Fsp3) is 0.0769. The number of anilines is 2. The Labute approximate surface area is 176 Å². The minimum Gasteiger partial charge on any atom is -0.332 e. The predicted molar refractivity (Wildman–Crippen MR) is 118 cm³/mol. The van der Waals surface area contributed by atoms with Crippen LogP contribution in [-0.4, -0.2) is 5.78 Å². The number of Topliss-reactive ketones (excluding diaryl/α,β-unsaturated/α-hetero) is 1. The van der Waals surface area contributed by atoms with Crippen LogP contribution in [0.4, 0.5) is 11.4 Å². The van der Waals surface area contributed by atoms with Crippen LogP contribution in [-0.2, 0) is 4.79 Å². The fourth-order valence-electron chi connectivity index (χ4n) is 3.96. The summed E-state index contributed by atoms with van der Waals surface area (Å²) in [6.45, 7) is 0. The molecule has 29 heavy (non-hydrogen) atoms. The minimum absolute atomic E-state index is 0.0817. The van der Waals surface area contributed by atoms with Crippen molar-refractivity contribution in [3.8, 4) is 0 Å². The molecule has 0 N–H and O–H groups in total. The summed E-state index contributed by atoms with van der Waals surface area (Å²) in [6.07, 6.45) is 8.07. The van der Waals surface area contributed by atoms with Gasteiger partial charge in [-0.1, -0.05) is 66.4 Å². The van der Waals surface area contributed by atoms with E-state index < -0.39 is 0 Å². The van der Waals surface area contributed by atoms with Crippen molar-refractivity contribution in [1.82, 2.24) is 0 Å². The number of ketones is 1. The first kappa shape index (κ1) is 18.5. The lowest BCUT2D eigenvalue weighted by Crippen LogP contribution is -2.29. The van der Waals surface area contributed by atoms with Gasteiger partial charge in [0.15, 0.2) is 0 Å². The Bertz CT molecular complexity index is 964. The third kappa shape index (κ3) is 3.60. The van der Waals surface area contributed by atoms with E-state index in [1.54, 1.807) is 11.8 Å². The van der Waals surface area contributed by atoms with Gasteiger partial charge in [-0.15, -0.1) is 0 Å². The normalized spacial score (nSPS) is 16.9. The first-order valence-corrected chi connectivity index (χ1v) is 10.6. The molecule has 5 radical (unpaired) electrons. The van der Waals surface area contributed by atoms with Crippen molar-refractivity contribution in [3.63, 3.8) is 0 Å². The number of nitrogens with zero attached hydrogens (tertiary/aromatic N) is 1. The van der Waals surface area contributed by atoms with Crippen molar-refractivity contribution in [2.75, 3.05) is 4.90 Å². The second kappa shape index (κ2) is 8.08. The maximum absolute atomic E-state index is 13.1. The second-order valence-corrected chi connectivity index (χ2v) is 8.22. The van der Waals surface area contributed by atoms with Gasteiger partial charge in [0.1, 0.15) is 5.78 Å². The lowest BCUT2D eigenvalue weighted by molar-refractivity contribution is -0.117. The van der Waals surface area contributed by atoms with E-state index in [0.29, 0.717) is 6.42 Å². The Morgan fingerprint density at radius 1 is 0.759 bits per heavy atom. The molecule has 3 aromatic rings. The van der Waals surface area contributed by atoms with Crippen LogP contribution in [0.5, 0.6) is 0 Å². The summed E-state index contributed by atoms with van der Waals surface area (Å²) in [5.41, 5.74) is 3.45. The molecule has 0 bridgehead atoms. The van der Waals surface area contributed by atoms with Gasteiger partial charge in [0, 0.05) is 22.1 Å². The number of carbonyl (C=O) groups is 1. The molecule has 3 aromatic carbocycles. The van der Waals surface area contributed by atoms with Gasteiger partial charge in [-0.2, -0.15) is 0 Å². The highest BCUT2D eigenvalue weighted by Gasteiger charge is 2.34. The lowest BCUT2D eigenvalue weighted by Gasteiger charge is -2.39. The summed E-state index contributed by atoms with van der Waals surface area (Å²) in [4.78, 5) is 17.9. The van der Waals surface area contributed by atoms with Crippen LogP contribution >= 0.6 is 11.8 Å². The quantitative estimate of drug-likeness (QED) is 0.500. The maximum Gasteiger partial charge on any atom is 0.143 e. The molecule has 0 spiro atoms. The summed E-state index contributed by atoms with van der Waals surface area (Å²) in [5, 5.41) is 0. The van der Waals surface area contributed by atoms with Crippen LogP contribution in [0.3, 0.4) is 0 Å². The largest absolute Gasteiger partial charge is 0.332 e. The summed E-state index contributed by atoms with van der Waals surface area (Å²) < 4.78 is 0. The van der Waals surface area contributed by atoms with Crippen LogP contribution in [0, 0.1) is 31.6 Å². The van der Waals surface area contributed by atoms with E-state index in [1.165, 1.54) is 9.79 Å². The Morgan fingerprint density at radius 3 is 1.93 bits per heavy atom. The number of benzene rings is 3. The number of hydrogen-bond donors (Lipinski definition) is 0. The summed E-state index contributed by atoms with van der Waals surface area (Å²) in [5.74, 6) is 0.941. The average molecular weight is 395 g/mol. The van der Waals surface area contributed by atoms with Gasteiger partial charge in [-0.3, -0.25) is 4.79 Å². The molecule has 1 heterocycles. The topological polar surface area (TPSA) is 20.3 Å². The van der Waals surface area contributed by atoms with Crippen molar-refractivity contribution in [2.45, 2.75) is 22.3 Å². The standard InChI is InChI=1S/C26H20NOS/c28-24(20-12-4-5-13-20)18-23(19-10-2-1-3-11-19)27-21-14-6-8-16-25(21)29-26-17-9-7-15-22(26)27/h1-17,23H,18H2. The van der Waals surface area contributed by atoms with E-state index in [1.807, 2.05) is 43.9 Å². The molecule has 1 aliphatic carbocycles. The van der Waals surface area contributed by atoms with E-state index in [9.17, 15) is 4.79 Å². The Morgan fingerprint density at radius 2 is 1.31 bits per heavy atom. The minimum atomic E-state index is -0.0817. The molecule has 1 fully saturated rings. The molecule has 1 aliphatic heterocycles. The summed E-state index contributed by atoms with van der Waals surface area (Å²) >= 11 is 1.79. The molecule has 1 atom stereocenters. The van der Waals surface area contributed by atoms with E-state index in [-0.39, 0.29) is 11.8 Å². The van der Waals surface area contributed by atoms with Crippen molar-refractivity contribution in [2.24, 2.45) is 0 Å². The Kier molecular flexibility index (Phi) is 5.15. The number of carbonyl (C=O) groups excluding carboxylic acids is 1. The van der Waals surface area contributed by atoms with Crippen molar-refractivity contribution >= 4 is 28.9 Å². The first-order valence-electron chi connectivity index (χ1n) is 9.76. The van der Waals surface area contributed by atoms with E-state index in [2.05, 4.69) is 65.6 Å². The van der Waals surface area contributed by atoms with Gasteiger partial charge in [-0.25, -0.2) is 0 Å². The monoisotopic (exact) mass is 394 g/mol. The summed E-state index contributed by atoms with van der Waals surface area (Å²) in [6, 6.07) is 27.2. The highest BCUT2D eigenvalue weighted by atomic mass is 32.2. The van der Waals surface area contributed by atoms with Gasteiger partial charge < -0.3 is 4.90 Å². The Hall–Kier alpha value is -2.52. The van der Waals surface area contributed by atoms with Crippen LogP contribution in [0.2, 0.25) is 0 Å². The highest BCUT2D eigenvalue weighted by molar-refractivity contribution is 7.99. The second-order valence-electron chi connectivity index (χ2n) is 7.13. The van der Waals surface area contributed by atoms with E-state index >= 15 is 0 Å². The molecule has 0 aromatic heterocycles. The molecule has 141 valence electrons. The fourth-order valence-corrected chi connectivity index (χ4v) is 5.03. The predicted octanol–water partition coefficient (Wildman–Crippen LogP) is 6.40. The molecular weight excluding hydrogens is 374 g/mol. The number of rotatable bonds is 5. The molecule has 3 heteroatoms. The Balaban J connectivity index is 1.61. The number of para-hydroxylation sites is 2. The van der Waals surface area contributed by atoms with Gasteiger partial charge in [0.05, 0.1) is 17.4 Å². The first-order chi connectivity index (χ1) is 14.3. The van der Waals surface area contributed by atoms with Crippen molar-refractivity contribution < 1.29 is 4.79 Å². The van der Waals surface area contributed by atoms with Crippen LogP contribution < -0.4 is 4.90 Å². The smallest absolute Gasteiger partial charge is 0.143 e. The highest BCUT2D eigenvalue weighted by Crippen LogP contribution is 2.52. The zero-order valence-electron chi connectivity index (χ0n) is 15.9. The number of fused-ring (bicyclic) bond motifs is 2. The summed E-state index contributed by atoms with van der Waals surface area (Å²) in [7, 11) is 0. The van der Waals surface area contributed by atoms with Gasteiger partial charge >= 0.3 is 0 Å². The van der Waals surface area contributed by atoms with Crippen molar-refractivity contribution in [3.05, 3.63) is 116 Å². The molecule has 0 saturated heterocycles. The third-order valence-corrected chi connectivity index (χ3v) is 6.46. The molecule has 1 saturated carbocycles. The van der Waals surface area contributed by atoms with Gasteiger partial charge in [0.2, 0.25) is 0 Å². The van der Waals surface area contributed by atoms with E-state index in [4.69, 9.17) is 0 Å². The van der Waals surface area contributed by atoms with Crippen molar-refractivity contribution in [1.29, 1.82) is 0 Å². The average Bonchev–Trinajstić information content (AvgIpc) is 3.32. The van der Waals surface area contributed by atoms with Gasteiger partial charge in [-0.05, 0) is 55.5 Å². The van der Waals surface area contributed by atoms with Crippen LogP contribution in [0.1, 0.15) is 18.0 Å². The third-order valence-electron chi connectivity index (χ3n) is 5.33. The molecule has 0 amide bonds. The zero-order valence-corrected chi connectivity index (χ0v) is 16.7. The van der Waals surface area contributed by atoms with Crippen LogP contribution in [0.15, 0.2) is 88.7 Å².